The van der Waals surface area contributed by atoms with Crippen molar-refractivity contribution in [3.8, 4) is 5.75 Å². The van der Waals surface area contributed by atoms with E-state index in [1.807, 2.05) is 0 Å². The first kappa shape index (κ1) is 24.9. The molecule has 10 heteroatoms. The molecule has 1 saturated carbocycles. The highest BCUT2D eigenvalue weighted by atomic mass is 19.4. The summed E-state index contributed by atoms with van der Waals surface area (Å²) < 4.78 is 48.8. The van der Waals surface area contributed by atoms with Crippen LogP contribution < -0.4 is 4.74 Å². The SMILES string of the molecule is CN(CCO)C(=O)CCO[C@H]1CC[C@H](N(C)C(=O)Oc2ccc(C(F)(F)F)cc2)CC1. The van der Waals surface area contributed by atoms with Crippen molar-refractivity contribution in [1.29, 1.82) is 0 Å². The van der Waals surface area contributed by atoms with E-state index < -0.39 is 17.8 Å². The average molecular weight is 446 g/mol. The first-order valence-corrected chi connectivity index (χ1v) is 10.2. The fourth-order valence-corrected chi connectivity index (χ4v) is 3.41. The van der Waals surface area contributed by atoms with Gasteiger partial charge in [-0.05, 0) is 49.9 Å². The van der Waals surface area contributed by atoms with Crippen molar-refractivity contribution < 1.29 is 37.3 Å². The first-order valence-electron chi connectivity index (χ1n) is 10.2. The maximum Gasteiger partial charge on any atom is 0.416 e. The van der Waals surface area contributed by atoms with Crippen molar-refractivity contribution >= 4 is 12.0 Å². The molecule has 0 radical (unpaired) electrons. The molecule has 1 fully saturated rings. The number of carbonyl (C=O) groups is 2. The van der Waals surface area contributed by atoms with Gasteiger partial charge in [-0.15, -0.1) is 0 Å². The van der Waals surface area contributed by atoms with Crippen LogP contribution in [0.25, 0.3) is 0 Å². The molecule has 31 heavy (non-hydrogen) atoms. The zero-order valence-corrected chi connectivity index (χ0v) is 17.7. The second kappa shape index (κ2) is 11.3. The number of aliphatic hydroxyl groups is 1. The van der Waals surface area contributed by atoms with Crippen LogP contribution in [0.4, 0.5) is 18.0 Å². The summed E-state index contributed by atoms with van der Waals surface area (Å²) in [5, 5.41) is 8.84. The van der Waals surface area contributed by atoms with Crippen molar-refractivity contribution in [2.75, 3.05) is 33.9 Å². The van der Waals surface area contributed by atoms with Gasteiger partial charge in [0.1, 0.15) is 5.75 Å². The molecule has 0 unspecified atom stereocenters. The van der Waals surface area contributed by atoms with Crippen molar-refractivity contribution in [1.82, 2.24) is 9.80 Å². The number of carbonyl (C=O) groups excluding carboxylic acids is 2. The van der Waals surface area contributed by atoms with Crippen LogP contribution in [0, 0.1) is 0 Å². The van der Waals surface area contributed by atoms with Gasteiger partial charge in [0.15, 0.2) is 0 Å². The summed E-state index contributed by atoms with van der Waals surface area (Å²) in [7, 11) is 3.23. The Bertz CT molecular complexity index is 719. The van der Waals surface area contributed by atoms with Gasteiger partial charge in [0.25, 0.3) is 0 Å². The van der Waals surface area contributed by atoms with E-state index in [0.717, 1.165) is 37.1 Å². The number of alkyl halides is 3. The molecular weight excluding hydrogens is 417 g/mol. The summed E-state index contributed by atoms with van der Waals surface area (Å²) >= 11 is 0. The maximum atomic E-state index is 12.6. The van der Waals surface area contributed by atoms with Crippen molar-refractivity contribution in [2.45, 2.75) is 50.4 Å². The molecule has 1 aromatic carbocycles. The van der Waals surface area contributed by atoms with Gasteiger partial charge in [-0.3, -0.25) is 4.79 Å². The molecule has 0 heterocycles. The lowest BCUT2D eigenvalue weighted by molar-refractivity contribution is -0.137. The lowest BCUT2D eigenvalue weighted by Gasteiger charge is -2.34. The molecule has 0 saturated heterocycles. The van der Waals surface area contributed by atoms with Crippen LogP contribution in [-0.2, 0) is 15.7 Å². The number of hydrogen-bond donors (Lipinski definition) is 1. The monoisotopic (exact) mass is 446 g/mol. The minimum absolute atomic E-state index is 0.00605. The molecule has 2 rings (SSSR count). The molecule has 1 aliphatic carbocycles. The summed E-state index contributed by atoms with van der Waals surface area (Å²) in [5.41, 5.74) is -0.805. The molecule has 1 aliphatic rings. The summed E-state index contributed by atoms with van der Waals surface area (Å²) in [4.78, 5) is 27.1. The molecule has 0 aromatic heterocycles. The van der Waals surface area contributed by atoms with Crippen LogP contribution >= 0.6 is 0 Å². The fraction of sp³-hybridized carbons (Fsp3) is 0.619. The molecule has 0 bridgehead atoms. The Kier molecular flexibility index (Phi) is 9.12. The molecule has 0 aliphatic heterocycles. The Morgan fingerprint density at radius 1 is 1.10 bits per heavy atom. The van der Waals surface area contributed by atoms with Crippen molar-refractivity contribution in [3.05, 3.63) is 29.8 Å². The topological polar surface area (TPSA) is 79.3 Å². The predicted molar refractivity (Wildman–Crippen MR) is 107 cm³/mol. The number of likely N-dealkylation sites (N-methyl/N-ethyl adjacent to an activating group) is 1. The lowest BCUT2D eigenvalue weighted by Crippen LogP contribution is -2.42. The highest BCUT2D eigenvalue weighted by Gasteiger charge is 2.31. The Balaban J connectivity index is 1.73. The Hall–Kier alpha value is -2.33. The van der Waals surface area contributed by atoms with Crippen LogP contribution in [0.2, 0.25) is 0 Å². The molecule has 1 N–H and O–H groups in total. The fourth-order valence-electron chi connectivity index (χ4n) is 3.41. The zero-order valence-electron chi connectivity index (χ0n) is 17.7. The number of hydrogen-bond acceptors (Lipinski definition) is 5. The van der Waals surface area contributed by atoms with Gasteiger partial charge in [-0.25, -0.2) is 4.79 Å². The second-order valence-electron chi connectivity index (χ2n) is 7.59. The molecule has 7 nitrogen and oxygen atoms in total. The van der Waals surface area contributed by atoms with E-state index in [0.29, 0.717) is 26.0 Å². The second-order valence-corrected chi connectivity index (χ2v) is 7.59. The normalized spacial score (nSPS) is 19.0. The lowest BCUT2D eigenvalue weighted by atomic mass is 9.92. The molecular formula is C21H29F3N2O5. The number of ether oxygens (including phenoxy) is 2. The Morgan fingerprint density at radius 2 is 1.71 bits per heavy atom. The predicted octanol–water partition coefficient (Wildman–Crippen LogP) is 3.30. The third-order valence-corrected chi connectivity index (χ3v) is 5.40. The van der Waals surface area contributed by atoms with E-state index in [1.165, 1.54) is 9.80 Å². The number of benzene rings is 1. The van der Waals surface area contributed by atoms with E-state index in [4.69, 9.17) is 14.6 Å². The third-order valence-electron chi connectivity index (χ3n) is 5.40. The van der Waals surface area contributed by atoms with E-state index in [1.54, 1.807) is 14.1 Å². The molecule has 2 amide bonds. The largest absolute Gasteiger partial charge is 0.416 e. The molecule has 1 aromatic rings. The number of rotatable bonds is 8. The van der Waals surface area contributed by atoms with Crippen LogP contribution in [0.1, 0.15) is 37.7 Å². The Labute approximate surface area is 179 Å². The van der Waals surface area contributed by atoms with E-state index >= 15 is 0 Å². The average Bonchev–Trinajstić information content (AvgIpc) is 2.73. The van der Waals surface area contributed by atoms with Crippen LogP contribution in [0.3, 0.4) is 0 Å². The quantitative estimate of drug-likeness (QED) is 0.663. The van der Waals surface area contributed by atoms with Crippen LogP contribution in [0.15, 0.2) is 24.3 Å². The molecule has 0 spiro atoms. The maximum absolute atomic E-state index is 12.6. The van der Waals surface area contributed by atoms with Gasteiger partial charge in [0, 0.05) is 26.7 Å². The summed E-state index contributed by atoms with van der Waals surface area (Å²) in [6, 6.07) is 3.94. The highest BCUT2D eigenvalue weighted by Crippen LogP contribution is 2.30. The summed E-state index contributed by atoms with van der Waals surface area (Å²) in [6.07, 6.45) is -1.97. The van der Waals surface area contributed by atoms with Gasteiger partial charge in [-0.2, -0.15) is 13.2 Å². The summed E-state index contributed by atoms with van der Waals surface area (Å²) in [5.74, 6) is -0.0359. The van der Waals surface area contributed by atoms with Crippen molar-refractivity contribution in [3.63, 3.8) is 0 Å². The minimum atomic E-state index is -4.44. The van der Waals surface area contributed by atoms with E-state index in [9.17, 15) is 22.8 Å². The van der Waals surface area contributed by atoms with Gasteiger partial charge in [0.2, 0.25) is 5.91 Å². The smallest absolute Gasteiger partial charge is 0.410 e. The third kappa shape index (κ3) is 7.70. The number of halogens is 3. The zero-order chi connectivity index (χ0) is 23.0. The standard InChI is InChI=1S/C21H29F3N2O5/c1-25(12-13-27)19(28)11-14-30-17-9-5-16(6-10-17)26(2)20(29)31-18-7-3-15(4-8-18)21(22,23)24/h3-4,7-8,16-17,27H,5-6,9-14H2,1-2H3/t16-,17-. The molecule has 0 atom stereocenters. The number of amides is 2. The van der Waals surface area contributed by atoms with Gasteiger partial charge in [0.05, 0.1) is 31.3 Å². The highest BCUT2D eigenvalue weighted by molar-refractivity contribution is 5.75. The van der Waals surface area contributed by atoms with E-state index in [-0.39, 0.29) is 36.8 Å². The minimum Gasteiger partial charge on any atom is -0.410 e. The number of nitrogens with zero attached hydrogens (tertiary/aromatic N) is 2. The number of aliphatic hydroxyl groups excluding tert-OH is 1. The molecule has 174 valence electrons. The summed E-state index contributed by atoms with van der Waals surface area (Å²) in [6.45, 7) is 0.510. The van der Waals surface area contributed by atoms with Crippen molar-refractivity contribution in [2.24, 2.45) is 0 Å². The van der Waals surface area contributed by atoms with Gasteiger partial charge < -0.3 is 24.4 Å². The Morgan fingerprint density at radius 3 is 2.26 bits per heavy atom. The first-order chi connectivity index (χ1) is 14.6. The van der Waals surface area contributed by atoms with Gasteiger partial charge >= 0.3 is 12.3 Å². The van der Waals surface area contributed by atoms with Crippen LogP contribution in [-0.4, -0.2) is 72.9 Å². The van der Waals surface area contributed by atoms with Gasteiger partial charge in [-0.1, -0.05) is 0 Å². The van der Waals surface area contributed by atoms with Crippen LogP contribution in [0.5, 0.6) is 5.75 Å². The van der Waals surface area contributed by atoms with E-state index in [2.05, 4.69) is 0 Å².